The second kappa shape index (κ2) is 11.5. The zero-order valence-corrected chi connectivity index (χ0v) is 28.1. The Morgan fingerprint density at radius 3 is 1.83 bits per heavy atom. The van der Waals surface area contributed by atoms with Gasteiger partial charge in [-0.25, -0.2) is 0 Å². The number of rotatable bonds is 6. The van der Waals surface area contributed by atoms with Crippen LogP contribution in [0.1, 0.15) is 48.0 Å². The minimum Gasteiger partial charge on any atom is -0.0715 e. The van der Waals surface area contributed by atoms with Crippen molar-refractivity contribution < 1.29 is 8.85 Å². The molecule has 0 saturated heterocycles. The Balaban J connectivity index is 0.00000192. The van der Waals surface area contributed by atoms with Crippen LogP contribution in [0.2, 0.25) is 69.4 Å². The molecule has 0 amide bonds. The van der Waals surface area contributed by atoms with E-state index in [0.29, 0.717) is 0 Å². The van der Waals surface area contributed by atoms with Crippen LogP contribution in [0.25, 0.3) is 0 Å². The third-order valence-electron chi connectivity index (χ3n) is 5.09. The first-order valence-corrected chi connectivity index (χ1v) is 25.4. The molecule has 176 valence electrons. The SMILES string of the molecule is CC1=C(C)C[C@@](O[Si](C)(C)C)(C(C)(C)C)[Ge]([CH2]/C=C(\C)O[Si](C)(C)C)[CH2]1.C[Si](C)C. The van der Waals surface area contributed by atoms with Crippen molar-refractivity contribution in [3.05, 3.63) is 23.0 Å². The molecule has 0 bridgehead atoms. The van der Waals surface area contributed by atoms with Gasteiger partial charge >= 0.3 is 170 Å². The maximum atomic E-state index is 7.11. The fourth-order valence-electron chi connectivity index (χ4n) is 3.87. The van der Waals surface area contributed by atoms with Crippen LogP contribution in [0.3, 0.4) is 0 Å². The summed E-state index contributed by atoms with van der Waals surface area (Å²) in [6.07, 6.45) is 3.53. The molecular formula is C24H52GeO2Si3. The molecule has 1 aliphatic rings. The van der Waals surface area contributed by atoms with Crippen LogP contribution in [-0.2, 0) is 8.85 Å². The first kappa shape index (κ1) is 30.4. The van der Waals surface area contributed by atoms with Gasteiger partial charge in [0.25, 0.3) is 0 Å². The van der Waals surface area contributed by atoms with E-state index in [1.54, 1.807) is 11.1 Å². The molecule has 0 N–H and O–H groups in total. The van der Waals surface area contributed by atoms with E-state index in [9.17, 15) is 0 Å². The summed E-state index contributed by atoms with van der Waals surface area (Å²) in [4.78, 5) is 0. The van der Waals surface area contributed by atoms with E-state index in [1.807, 2.05) is 0 Å². The summed E-state index contributed by atoms with van der Waals surface area (Å²) in [5.41, 5.74) is 3.36. The molecule has 1 rings (SSSR count). The molecular weight excluding hydrogens is 477 g/mol. The van der Waals surface area contributed by atoms with Crippen molar-refractivity contribution in [1.29, 1.82) is 0 Å². The standard InChI is InChI=1S/C21H43GeO2Si2.C3H9Si/c1-17-15-21(20(4,5)6,24-26(10,11)12)22(16-18(17)2)14-13-19(3)23-25(7,8)9;1-4(2)3/h13H,14-16H2,1-12H3;1-3H3/b19-13+;/t21-;/m1./s1. The second-order valence-electron chi connectivity index (χ2n) is 12.5. The summed E-state index contributed by atoms with van der Waals surface area (Å²) in [5.74, 6) is 1.13. The predicted octanol–water partition coefficient (Wildman–Crippen LogP) is 8.52. The van der Waals surface area contributed by atoms with Crippen LogP contribution in [0.5, 0.6) is 0 Å². The first-order chi connectivity index (χ1) is 13.2. The summed E-state index contributed by atoms with van der Waals surface area (Å²) in [6.45, 7) is 34.7. The van der Waals surface area contributed by atoms with Crippen molar-refractivity contribution in [2.45, 2.75) is 122 Å². The van der Waals surface area contributed by atoms with Gasteiger partial charge in [0.15, 0.2) is 0 Å². The molecule has 0 spiro atoms. The molecule has 0 aliphatic carbocycles. The van der Waals surface area contributed by atoms with Crippen molar-refractivity contribution >= 4 is 39.8 Å². The molecule has 6 heteroatoms. The number of allylic oxidation sites excluding steroid dienone is 3. The Morgan fingerprint density at radius 2 is 1.47 bits per heavy atom. The molecule has 2 radical (unpaired) electrons. The maximum absolute atomic E-state index is 7.11. The summed E-state index contributed by atoms with van der Waals surface area (Å²) >= 11 is -1.55. The van der Waals surface area contributed by atoms with Gasteiger partial charge in [0.05, 0.1) is 0 Å². The molecule has 1 aliphatic heterocycles. The average molecular weight is 530 g/mol. The third-order valence-corrected chi connectivity index (χ3v) is 15.4. The van der Waals surface area contributed by atoms with Crippen molar-refractivity contribution in [3.63, 3.8) is 0 Å². The zero-order chi connectivity index (χ0) is 24.1. The smallest absolute Gasteiger partial charge is 0.0379 e. The average Bonchev–Trinajstić information content (AvgIpc) is 2.44. The van der Waals surface area contributed by atoms with Gasteiger partial charge in [-0.2, -0.15) is 0 Å². The van der Waals surface area contributed by atoms with E-state index in [-0.39, 0.29) is 18.6 Å². The van der Waals surface area contributed by atoms with E-state index >= 15 is 0 Å². The van der Waals surface area contributed by atoms with Crippen molar-refractivity contribution in [2.75, 3.05) is 0 Å². The van der Waals surface area contributed by atoms with Gasteiger partial charge in [0, 0.05) is 8.80 Å². The van der Waals surface area contributed by atoms with E-state index in [1.165, 1.54) is 10.5 Å². The fraction of sp³-hybridized carbons (Fsp3) is 0.833. The van der Waals surface area contributed by atoms with Crippen molar-refractivity contribution in [3.8, 4) is 0 Å². The molecule has 30 heavy (non-hydrogen) atoms. The van der Waals surface area contributed by atoms with Crippen LogP contribution in [-0.4, -0.2) is 44.2 Å². The molecule has 2 nitrogen and oxygen atoms in total. The summed E-state index contributed by atoms with van der Waals surface area (Å²) in [6, 6.07) is 0. The van der Waals surface area contributed by atoms with Crippen molar-refractivity contribution in [2.24, 2.45) is 5.41 Å². The Morgan fingerprint density at radius 1 is 1.00 bits per heavy atom. The normalized spacial score (nSPS) is 22.2. The van der Waals surface area contributed by atoms with E-state index < -0.39 is 31.0 Å². The Bertz CT molecular complexity index is 605. The first-order valence-electron chi connectivity index (χ1n) is 11.5. The molecule has 0 unspecified atom stereocenters. The monoisotopic (exact) mass is 530 g/mol. The maximum Gasteiger partial charge on any atom is 0.0379 e. The molecule has 0 saturated carbocycles. The Hall–Kier alpha value is 0.434. The van der Waals surface area contributed by atoms with Crippen LogP contribution >= 0.6 is 0 Å². The second-order valence-corrected chi connectivity index (χ2v) is 30.2. The summed E-state index contributed by atoms with van der Waals surface area (Å²) in [7, 11) is -3.05. The van der Waals surface area contributed by atoms with Crippen LogP contribution in [0.15, 0.2) is 23.0 Å². The van der Waals surface area contributed by atoms with E-state index in [0.717, 1.165) is 12.2 Å². The Kier molecular flexibility index (Phi) is 11.7. The molecule has 1 atom stereocenters. The van der Waals surface area contributed by atoms with Gasteiger partial charge in [-0.1, -0.05) is 19.6 Å². The molecule has 0 fully saturated rings. The molecule has 0 aromatic rings. The molecule has 1 heterocycles. The van der Waals surface area contributed by atoms with Crippen LogP contribution in [0, 0.1) is 5.41 Å². The molecule has 0 aromatic carbocycles. The van der Waals surface area contributed by atoms with E-state index in [4.69, 9.17) is 8.85 Å². The summed E-state index contributed by atoms with van der Waals surface area (Å²) < 4.78 is 13.4. The predicted molar refractivity (Wildman–Crippen MR) is 147 cm³/mol. The van der Waals surface area contributed by atoms with E-state index in [2.05, 4.69) is 107 Å². The number of hydrogen-bond acceptors (Lipinski definition) is 2. The fourth-order valence-corrected chi connectivity index (χ4v) is 17.3. The topological polar surface area (TPSA) is 18.5 Å². The van der Waals surface area contributed by atoms with Gasteiger partial charge in [-0.3, -0.25) is 0 Å². The third kappa shape index (κ3) is 10.8. The zero-order valence-electron chi connectivity index (χ0n) is 23.0. The quantitative estimate of drug-likeness (QED) is 0.195. The van der Waals surface area contributed by atoms with Crippen LogP contribution < -0.4 is 0 Å². The summed E-state index contributed by atoms with van der Waals surface area (Å²) in [5, 5.41) is 2.49. The largest absolute Gasteiger partial charge is 0.0715 e. The minimum absolute atomic E-state index is 0.0665. The van der Waals surface area contributed by atoms with Gasteiger partial charge < -0.3 is 0 Å². The minimum atomic E-state index is -1.64. The van der Waals surface area contributed by atoms with Gasteiger partial charge in [-0.05, 0) is 0 Å². The number of hydrogen-bond donors (Lipinski definition) is 0. The van der Waals surface area contributed by atoms with Crippen LogP contribution in [0.4, 0.5) is 0 Å². The molecule has 0 aromatic heterocycles. The Labute approximate surface area is 198 Å². The van der Waals surface area contributed by atoms with Gasteiger partial charge in [-0.15, -0.1) is 0 Å². The van der Waals surface area contributed by atoms with Crippen molar-refractivity contribution in [1.82, 2.24) is 0 Å². The van der Waals surface area contributed by atoms with Gasteiger partial charge in [0.2, 0.25) is 0 Å². The van der Waals surface area contributed by atoms with Gasteiger partial charge in [0.1, 0.15) is 0 Å².